The van der Waals surface area contributed by atoms with Gasteiger partial charge in [0, 0.05) is 12.0 Å². The normalized spacial score (nSPS) is 42.6. The molecule has 0 amide bonds. The van der Waals surface area contributed by atoms with Gasteiger partial charge in [-0.25, -0.2) is 0 Å². The van der Waals surface area contributed by atoms with Gasteiger partial charge in [0.1, 0.15) is 0 Å². The highest BCUT2D eigenvalue weighted by Gasteiger charge is 2.44. The van der Waals surface area contributed by atoms with Crippen LogP contribution in [0.4, 0.5) is 0 Å². The molecule has 2 heteroatoms. The van der Waals surface area contributed by atoms with Gasteiger partial charge in [0.05, 0.1) is 6.10 Å². The predicted octanol–water partition coefficient (Wildman–Crippen LogP) is 0.742. The van der Waals surface area contributed by atoms with Gasteiger partial charge in [-0.2, -0.15) is 0 Å². The molecule has 1 aliphatic rings. The second-order valence-corrected chi connectivity index (χ2v) is 3.76. The maximum absolute atomic E-state index is 9.36. The summed E-state index contributed by atoms with van der Waals surface area (Å²) in [6.07, 6.45) is 1.97. The Morgan fingerprint density at radius 2 is 2.20 bits per heavy atom. The quantitative estimate of drug-likeness (QED) is 0.599. The maximum Gasteiger partial charge on any atom is 0.0580 e. The molecule has 0 saturated heterocycles. The van der Waals surface area contributed by atoms with Gasteiger partial charge >= 0.3 is 0 Å². The summed E-state index contributed by atoms with van der Waals surface area (Å²) in [6, 6.07) is 0. The molecule has 0 unspecified atom stereocenters. The van der Waals surface area contributed by atoms with E-state index in [2.05, 4.69) is 6.92 Å². The fourth-order valence-electron chi connectivity index (χ4n) is 2.01. The first kappa shape index (κ1) is 8.02. The molecule has 3 N–H and O–H groups in total. The first-order valence-corrected chi connectivity index (χ1v) is 3.99. The molecule has 0 bridgehead atoms. The van der Waals surface area contributed by atoms with Gasteiger partial charge in [0.25, 0.3) is 0 Å². The Morgan fingerprint density at radius 1 is 1.70 bits per heavy atom. The van der Waals surface area contributed by atoms with Crippen molar-refractivity contribution in [3.63, 3.8) is 0 Å². The molecule has 1 atom stereocenters. The van der Waals surface area contributed by atoms with Crippen LogP contribution in [0.2, 0.25) is 0 Å². The molecule has 0 spiro atoms. The van der Waals surface area contributed by atoms with Crippen LogP contribution in [0.1, 0.15) is 26.7 Å². The number of aliphatic hydroxyl groups excluding tert-OH is 1. The van der Waals surface area contributed by atoms with Gasteiger partial charge in [-0.05, 0) is 25.7 Å². The fourth-order valence-corrected chi connectivity index (χ4v) is 2.01. The number of aliphatic hydroxyl groups is 1. The molecule has 1 rings (SSSR count). The van der Waals surface area contributed by atoms with Crippen molar-refractivity contribution in [3.8, 4) is 0 Å². The van der Waals surface area contributed by atoms with Crippen molar-refractivity contribution in [2.24, 2.45) is 17.1 Å². The van der Waals surface area contributed by atoms with Gasteiger partial charge in [0.15, 0.2) is 0 Å². The second-order valence-electron chi connectivity index (χ2n) is 3.76. The van der Waals surface area contributed by atoms with Gasteiger partial charge in [-0.1, -0.05) is 6.92 Å². The SMILES string of the molecule is CC1CC(CN)([C@H](C)O)C1. The molecule has 10 heavy (non-hydrogen) atoms. The highest BCUT2D eigenvalue weighted by atomic mass is 16.3. The highest BCUT2D eigenvalue weighted by molar-refractivity contribution is 4.96. The van der Waals surface area contributed by atoms with Crippen LogP contribution in [-0.4, -0.2) is 17.8 Å². The minimum atomic E-state index is -0.228. The molecule has 1 fully saturated rings. The molecule has 0 radical (unpaired) electrons. The van der Waals surface area contributed by atoms with Crippen LogP contribution >= 0.6 is 0 Å². The Balaban J connectivity index is 2.48. The van der Waals surface area contributed by atoms with Crippen molar-refractivity contribution in [1.29, 1.82) is 0 Å². The lowest BCUT2D eigenvalue weighted by molar-refractivity contribution is -0.0475. The van der Waals surface area contributed by atoms with Gasteiger partial charge in [0.2, 0.25) is 0 Å². The molecule has 1 aliphatic carbocycles. The Labute approximate surface area is 62.4 Å². The lowest BCUT2D eigenvalue weighted by atomic mass is 9.60. The maximum atomic E-state index is 9.36. The molecule has 0 aromatic carbocycles. The van der Waals surface area contributed by atoms with Crippen LogP contribution in [0.25, 0.3) is 0 Å². The van der Waals surface area contributed by atoms with Crippen LogP contribution in [-0.2, 0) is 0 Å². The number of hydrogen-bond acceptors (Lipinski definition) is 2. The van der Waals surface area contributed by atoms with Crippen LogP contribution in [0.15, 0.2) is 0 Å². The summed E-state index contributed by atoms with van der Waals surface area (Å²) < 4.78 is 0. The molecule has 0 aliphatic heterocycles. The third-order valence-corrected chi connectivity index (χ3v) is 2.80. The van der Waals surface area contributed by atoms with Crippen molar-refractivity contribution < 1.29 is 5.11 Å². The Hall–Kier alpha value is -0.0800. The van der Waals surface area contributed by atoms with E-state index in [-0.39, 0.29) is 11.5 Å². The van der Waals surface area contributed by atoms with Gasteiger partial charge < -0.3 is 10.8 Å². The summed E-state index contributed by atoms with van der Waals surface area (Å²) in [5.74, 6) is 0.762. The Morgan fingerprint density at radius 3 is 2.30 bits per heavy atom. The molecule has 0 heterocycles. The van der Waals surface area contributed by atoms with Crippen molar-refractivity contribution in [1.82, 2.24) is 0 Å². The van der Waals surface area contributed by atoms with Crippen LogP contribution in [0, 0.1) is 11.3 Å². The summed E-state index contributed by atoms with van der Waals surface area (Å²) in [4.78, 5) is 0. The van der Waals surface area contributed by atoms with E-state index in [0.29, 0.717) is 6.54 Å². The van der Waals surface area contributed by atoms with Crippen LogP contribution in [0.3, 0.4) is 0 Å². The zero-order valence-corrected chi connectivity index (χ0v) is 6.80. The van der Waals surface area contributed by atoms with Crippen molar-refractivity contribution in [2.75, 3.05) is 6.54 Å². The molecule has 1 saturated carbocycles. The predicted molar refractivity (Wildman–Crippen MR) is 41.6 cm³/mol. The lowest BCUT2D eigenvalue weighted by Crippen LogP contribution is -2.49. The lowest BCUT2D eigenvalue weighted by Gasteiger charge is -2.48. The average molecular weight is 143 g/mol. The Kier molecular flexibility index (Phi) is 2.02. The number of hydrogen-bond donors (Lipinski definition) is 2. The van der Waals surface area contributed by atoms with Crippen molar-refractivity contribution in [3.05, 3.63) is 0 Å². The van der Waals surface area contributed by atoms with Crippen LogP contribution < -0.4 is 5.73 Å². The number of rotatable bonds is 2. The summed E-state index contributed by atoms with van der Waals surface area (Å²) in [5, 5.41) is 9.36. The van der Waals surface area contributed by atoms with Crippen molar-refractivity contribution >= 4 is 0 Å². The minimum absolute atomic E-state index is 0.0689. The Bertz CT molecular complexity index is 116. The first-order valence-electron chi connectivity index (χ1n) is 3.99. The second kappa shape index (κ2) is 2.51. The molecular formula is C8H17NO. The molecule has 2 nitrogen and oxygen atoms in total. The zero-order valence-electron chi connectivity index (χ0n) is 6.80. The minimum Gasteiger partial charge on any atom is -0.393 e. The van der Waals surface area contributed by atoms with E-state index in [1.54, 1.807) is 0 Å². The smallest absolute Gasteiger partial charge is 0.0580 e. The summed E-state index contributed by atoms with van der Waals surface area (Å²) in [7, 11) is 0. The summed E-state index contributed by atoms with van der Waals surface area (Å²) in [5.41, 5.74) is 5.64. The largest absolute Gasteiger partial charge is 0.393 e. The molecule has 60 valence electrons. The third-order valence-electron chi connectivity index (χ3n) is 2.80. The van der Waals surface area contributed by atoms with Crippen molar-refractivity contribution in [2.45, 2.75) is 32.8 Å². The standard InChI is InChI=1S/C8H17NO/c1-6-3-8(4-6,5-9)7(2)10/h6-7,10H,3-5,9H2,1-2H3/t6?,7-,8?/m0/s1. The number of nitrogens with two attached hydrogens (primary N) is 1. The van der Waals surface area contributed by atoms with E-state index in [0.717, 1.165) is 18.8 Å². The first-order chi connectivity index (χ1) is 4.60. The van der Waals surface area contributed by atoms with Gasteiger partial charge in [-0.15, -0.1) is 0 Å². The third kappa shape index (κ3) is 1.06. The fraction of sp³-hybridized carbons (Fsp3) is 1.00. The van der Waals surface area contributed by atoms with E-state index < -0.39 is 0 Å². The van der Waals surface area contributed by atoms with E-state index in [4.69, 9.17) is 5.73 Å². The zero-order chi connectivity index (χ0) is 7.78. The molecule has 0 aromatic rings. The monoisotopic (exact) mass is 143 g/mol. The van der Waals surface area contributed by atoms with E-state index in [1.165, 1.54) is 0 Å². The topological polar surface area (TPSA) is 46.2 Å². The summed E-state index contributed by atoms with van der Waals surface area (Å²) in [6.45, 7) is 4.68. The van der Waals surface area contributed by atoms with E-state index in [9.17, 15) is 5.11 Å². The van der Waals surface area contributed by atoms with E-state index >= 15 is 0 Å². The molecular weight excluding hydrogens is 126 g/mol. The van der Waals surface area contributed by atoms with Crippen LogP contribution in [0.5, 0.6) is 0 Å². The summed E-state index contributed by atoms with van der Waals surface area (Å²) >= 11 is 0. The average Bonchev–Trinajstić information content (AvgIpc) is 1.79. The van der Waals surface area contributed by atoms with Gasteiger partial charge in [-0.3, -0.25) is 0 Å². The van der Waals surface area contributed by atoms with E-state index in [1.807, 2.05) is 6.92 Å². The molecule has 0 aromatic heterocycles. The highest BCUT2D eigenvalue weighted by Crippen LogP contribution is 2.46.